The number of nitrogens with zero attached hydrogens (tertiary/aromatic N) is 1. The minimum atomic E-state index is 0.0859. The molecule has 1 aliphatic rings. The minimum Gasteiger partial charge on any atom is -0.396 e. The van der Waals surface area contributed by atoms with E-state index in [0.29, 0.717) is 12.7 Å². The van der Waals surface area contributed by atoms with Crippen molar-refractivity contribution in [3.8, 4) is 0 Å². The molecule has 3 heteroatoms. The molecule has 17 heavy (non-hydrogen) atoms. The summed E-state index contributed by atoms with van der Waals surface area (Å²) in [5.41, 5.74) is 0.0859. The van der Waals surface area contributed by atoms with Crippen LogP contribution in [0.4, 0.5) is 0 Å². The number of hydrogen-bond acceptors (Lipinski definition) is 3. The summed E-state index contributed by atoms with van der Waals surface area (Å²) >= 11 is 0. The lowest BCUT2D eigenvalue weighted by atomic mass is 9.82. The van der Waals surface area contributed by atoms with Gasteiger partial charge < -0.3 is 14.7 Å². The second-order valence-corrected chi connectivity index (χ2v) is 5.35. The van der Waals surface area contributed by atoms with Gasteiger partial charge >= 0.3 is 0 Å². The first-order chi connectivity index (χ1) is 8.19. The largest absolute Gasteiger partial charge is 0.396 e. The van der Waals surface area contributed by atoms with Crippen molar-refractivity contribution >= 4 is 0 Å². The van der Waals surface area contributed by atoms with Crippen LogP contribution in [0, 0.1) is 5.41 Å². The Hall–Kier alpha value is -0.120. The predicted octanol–water partition coefficient (Wildman–Crippen LogP) is 2.29. The van der Waals surface area contributed by atoms with Gasteiger partial charge in [0.1, 0.15) is 0 Å². The molecule has 0 radical (unpaired) electrons. The monoisotopic (exact) mass is 243 g/mol. The van der Waals surface area contributed by atoms with E-state index in [1.165, 1.54) is 0 Å². The molecule has 1 rings (SSSR count). The van der Waals surface area contributed by atoms with Crippen LogP contribution in [0.25, 0.3) is 0 Å². The Morgan fingerprint density at radius 2 is 2.00 bits per heavy atom. The molecule has 1 unspecified atom stereocenters. The first kappa shape index (κ1) is 14.9. The van der Waals surface area contributed by atoms with E-state index in [1.54, 1.807) is 0 Å². The second-order valence-electron chi connectivity index (χ2n) is 5.35. The van der Waals surface area contributed by atoms with Gasteiger partial charge in [-0.05, 0) is 25.7 Å². The summed E-state index contributed by atoms with van der Waals surface area (Å²) in [6, 6.07) is 0. The number of hydrogen-bond donors (Lipinski definition) is 1. The first-order valence-corrected chi connectivity index (χ1v) is 7.14. The van der Waals surface area contributed by atoms with Gasteiger partial charge in [0.15, 0.2) is 0 Å². The molecule has 0 aliphatic carbocycles. The molecule has 1 N–H and O–H groups in total. The lowest BCUT2D eigenvalue weighted by molar-refractivity contribution is 0.0307. The molecule has 0 aromatic rings. The Labute approximate surface area is 106 Å². The number of ether oxygens (including phenoxy) is 1. The smallest absolute Gasteiger partial charge is 0.0699 e. The van der Waals surface area contributed by atoms with Crippen LogP contribution in [0.3, 0.4) is 0 Å². The van der Waals surface area contributed by atoms with Crippen LogP contribution in [0.1, 0.15) is 46.5 Å². The molecule has 1 heterocycles. The lowest BCUT2D eigenvalue weighted by Crippen LogP contribution is -2.42. The minimum absolute atomic E-state index is 0.0859. The van der Waals surface area contributed by atoms with E-state index in [2.05, 4.69) is 25.7 Å². The maximum atomic E-state index is 9.64. The topological polar surface area (TPSA) is 32.7 Å². The molecular formula is C14H29NO2. The van der Waals surface area contributed by atoms with Gasteiger partial charge in [-0.25, -0.2) is 0 Å². The van der Waals surface area contributed by atoms with Crippen LogP contribution in [-0.4, -0.2) is 49.0 Å². The highest BCUT2D eigenvalue weighted by atomic mass is 16.5. The highest BCUT2D eigenvalue weighted by Gasteiger charge is 2.29. The number of aliphatic hydroxyl groups excluding tert-OH is 1. The summed E-state index contributed by atoms with van der Waals surface area (Å²) in [6.07, 6.45) is 4.68. The third kappa shape index (κ3) is 4.23. The molecule has 1 atom stereocenters. The molecule has 0 saturated carbocycles. The Kier molecular flexibility index (Phi) is 6.45. The number of aliphatic hydroxyl groups is 1. The predicted molar refractivity (Wildman–Crippen MR) is 71.2 cm³/mol. The Morgan fingerprint density at radius 3 is 2.53 bits per heavy atom. The summed E-state index contributed by atoms with van der Waals surface area (Å²) in [5, 5.41) is 9.64. The van der Waals surface area contributed by atoms with Gasteiger partial charge in [0, 0.05) is 38.3 Å². The van der Waals surface area contributed by atoms with Gasteiger partial charge in [-0.1, -0.05) is 20.8 Å². The zero-order chi connectivity index (χ0) is 12.7. The van der Waals surface area contributed by atoms with Gasteiger partial charge in [-0.3, -0.25) is 0 Å². The van der Waals surface area contributed by atoms with E-state index >= 15 is 0 Å². The average Bonchev–Trinajstić information content (AvgIpc) is 2.61. The number of rotatable bonds is 6. The van der Waals surface area contributed by atoms with Crippen molar-refractivity contribution in [2.45, 2.75) is 52.6 Å². The van der Waals surface area contributed by atoms with Crippen LogP contribution in [0.2, 0.25) is 0 Å². The fourth-order valence-corrected chi connectivity index (χ4v) is 2.58. The SMILES string of the molecule is CCC1CN(CC(CC)(CC)CO)CCCO1. The van der Waals surface area contributed by atoms with Crippen molar-refractivity contribution < 1.29 is 9.84 Å². The van der Waals surface area contributed by atoms with Crippen molar-refractivity contribution in [1.29, 1.82) is 0 Å². The van der Waals surface area contributed by atoms with E-state index in [0.717, 1.165) is 51.9 Å². The summed E-state index contributed by atoms with van der Waals surface area (Å²) in [6.45, 7) is 10.9. The Balaban J connectivity index is 2.58. The molecule has 102 valence electrons. The fourth-order valence-electron chi connectivity index (χ4n) is 2.58. The normalized spacial score (nSPS) is 23.6. The van der Waals surface area contributed by atoms with E-state index in [9.17, 15) is 5.11 Å². The molecule has 1 aliphatic heterocycles. The zero-order valence-electron chi connectivity index (χ0n) is 11.7. The summed E-state index contributed by atoms with van der Waals surface area (Å²) in [7, 11) is 0. The van der Waals surface area contributed by atoms with Gasteiger partial charge in [0.2, 0.25) is 0 Å². The molecule has 0 aromatic carbocycles. The highest BCUT2D eigenvalue weighted by molar-refractivity contribution is 4.82. The van der Waals surface area contributed by atoms with Crippen LogP contribution in [0.5, 0.6) is 0 Å². The zero-order valence-corrected chi connectivity index (χ0v) is 11.7. The third-order valence-corrected chi connectivity index (χ3v) is 4.28. The second kappa shape index (κ2) is 7.34. The summed E-state index contributed by atoms with van der Waals surface area (Å²) in [4.78, 5) is 2.49. The van der Waals surface area contributed by atoms with E-state index < -0.39 is 0 Å². The molecule has 0 amide bonds. The molecule has 0 bridgehead atoms. The van der Waals surface area contributed by atoms with Crippen molar-refractivity contribution in [3.05, 3.63) is 0 Å². The molecule has 0 aromatic heterocycles. The van der Waals surface area contributed by atoms with Crippen molar-refractivity contribution in [3.63, 3.8) is 0 Å². The van der Waals surface area contributed by atoms with Crippen molar-refractivity contribution in [1.82, 2.24) is 4.90 Å². The maximum Gasteiger partial charge on any atom is 0.0699 e. The van der Waals surface area contributed by atoms with Gasteiger partial charge in [-0.2, -0.15) is 0 Å². The fraction of sp³-hybridized carbons (Fsp3) is 1.00. The molecule has 3 nitrogen and oxygen atoms in total. The molecule has 1 fully saturated rings. The van der Waals surface area contributed by atoms with Gasteiger partial charge in [0.05, 0.1) is 6.10 Å². The van der Waals surface area contributed by atoms with E-state index in [4.69, 9.17) is 4.74 Å². The van der Waals surface area contributed by atoms with Crippen molar-refractivity contribution in [2.24, 2.45) is 5.41 Å². The van der Waals surface area contributed by atoms with Crippen LogP contribution in [0.15, 0.2) is 0 Å². The van der Waals surface area contributed by atoms with Crippen molar-refractivity contribution in [2.75, 3.05) is 32.8 Å². The lowest BCUT2D eigenvalue weighted by Gasteiger charge is -2.36. The molecular weight excluding hydrogens is 214 g/mol. The van der Waals surface area contributed by atoms with E-state index in [-0.39, 0.29) is 5.41 Å². The van der Waals surface area contributed by atoms with Crippen LogP contribution >= 0.6 is 0 Å². The Morgan fingerprint density at radius 1 is 1.29 bits per heavy atom. The van der Waals surface area contributed by atoms with Gasteiger partial charge in [0.25, 0.3) is 0 Å². The average molecular weight is 243 g/mol. The standard InChI is InChI=1S/C14H29NO2/c1-4-13-10-15(8-7-9-17-13)11-14(5-2,6-3)12-16/h13,16H,4-12H2,1-3H3. The maximum absolute atomic E-state index is 9.64. The summed E-state index contributed by atoms with van der Waals surface area (Å²) in [5.74, 6) is 0. The Bertz CT molecular complexity index is 196. The van der Waals surface area contributed by atoms with E-state index in [1.807, 2.05) is 0 Å². The van der Waals surface area contributed by atoms with Crippen LogP contribution in [-0.2, 0) is 4.74 Å². The van der Waals surface area contributed by atoms with Crippen LogP contribution < -0.4 is 0 Å². The molecule has 0 spiro atoms. The molecule has 1 saturated heterocycles. The quantitative estimate of drug-likeness (QED) is 0.777. The highest BCUT2D eigenvalue weighted by Crippen LogP contribution is 2.27. The summed E-state index contributed by atoms with van der Waals surface area (Å²) < 4.78 is 5.79. The van der Waals surface area contributed by atoms with Gasteiger partial charge in [-0.15, -0.1) is 0 Å². The third-order valence-electron chi connectivity index (χ3n) is 4.28. The first-order valence-electron chi connectivity index (χ1n) is 7.14.